The SMILES string of the molecule is C.CCOC(=O)CCNC(=O)N[C@@H](CSC/C=C(\C)CC/C=C(\C)CCC=C(C)C)C(=O)O. The molecule has 8 heteroatoms. The number of carboxylic acid groups (broad SMARTS) is 1. The zero-order valence-corrected chi connectivity index (χ0v) is 21.0. The molecular formula is C25H44N2O5S. The van der Waals surface area contributed by atoms with Crippen LogP contribution in [0.2, 0.25) is 0 Å². The zero-order chi connectivity index (χ0) is 24.4. The highest BCUT2D eigenvalue weighted by Gasteiger charge is 2.19. The van der Waals surface area contributed by atoms with Gasteiger partial charge in [0.05, 0.1) is 13.0 Å². The van der Waals surface area contributed by atoms with Gasteiger partial charge in [0.2, 0.25) is 0 Å². The van der Waals surface area contributed by atoms with E-state index in [1.807, 2.05) is 0 Å². The van der Waals surface area contributed by atoms with Crippen molar-refractivity contribution < 1.29 is 24.2 Å². The Morgan fingerprint density at radius 1 is 0.970 bits per heavy atom. The van der Waals surface area contributed by atoms with Crippen molar-refractivity contribution in [3.8, 4) is 0 Å². The lowest BCUT2D eigenvalue weighted by Gasteiger charge is -2.14. The number of thioether (sulfide) groups is 1. The molecule has 0 spiro atoms. The number of nitrogens with one attached hydrogen (secondary N) is 2. The maximum absolute atomic E-state index is 11.8. The highest BCUT2D eigenvalue weighted by molar-refractivity contribution is 7.99. The van der Waals surface area contributed by atoms with Crippen molar-refractivity contribution in [2.24, 2.45) is 0 Å². The van der Waals surface area contributed by atoms with Gasteiger partial charge in [-0.2, -0.15) is 11.8 Å². The number of rotatable bonds is 16. The quantitative estimate of drug-likeness (QED) is 0.152. The lowest BCUT2D eigenvalue weighted by atomic mass is 10.1. The summed E-state index contributed by atoms with van der Waals surface area (Å²) in [5, 5.41) is 14.2. The molecule has 0 unspecified atom stereocenters. The van der Waals surface area contributed by atoms with Gasteiger partial charge in [-0.05, 0) is 60.3 Å². The summed E-state index contributed by atoms with van der Waals surface area (Å²) >= 11 is 1.45. The predicted molar refractivity (Wildman–Crippen MR) is 139 cm³/mol. The lowest BCUT2D eigenvalue weighted by molar-refractivity contribution is -0.143. The maximum Gasteiger partial charge on any atom is 0.327 e. The molecule has 0 saturated heterocycles. The Morgan fingerprint density at radius 2 is 1.58 bits per heavy atom. The maximum atomic E-state index is 11.8. The van der Waals surface area contributed by atoms with Crippen molar-refractivity contribution in [2.75, 3.05) is 24.7 Å². The Balaban J connectivity index is 0. The standard InChI is InChI=1S/C24H40N2O5S.CH4/c1-6-31-22(27)13-15-25-24(30)26-21(23(28)29)17-32-16-14-20(5)12-8-11-19(4)10-7-9-18(2)3;/h9,11,14,21H,6-8,10,12-13,15-17H2,1-5H3,(H,28,29)(H2,25,26,30);1H4/b19-11+,20-14+;/t21-;/m0./s1. The minimum absolute atomic E-state index is 0. The molecule has 0 aromatic rings. The summed E-state index contributed by atoms with van der Waals surface area (Å²) < 4.78 is 4.77. The topological polar surface area (TPSA) is 105 Å². The van der Waals surface area contributed by atoms with Crippen LogP contribution in [0.4, 0.5) is 4.79 Å². The van der Waals surface area contributed by atoms with Gasteiger partial charge in [-0.3, -0.25) is 4.79 Å². The van der Waals surface area contributed by atoms with E-state index < -0.39 is 24.0 Å². The van der Waals surface area contributed by atoms with Crippen molar-refractivity contribution in [1.82, 2.24) is 10.6 Å². The second kappa shape index (κ2) is 20.4. The molecule has 0 rings (SSSR count). The molecule has 1 atom stereocenters. The minimum atomic E-state index is -1.09. The Hall–Kier alpha value is -2.22. The fourth-order valence-electron chi connectivity index (χ4n) is 2.62. The summed E-state index contributed by atoms with van der Waals surface area (Å²) in [7, 11) is 0. The number of amides is 2. The van der Waals surface area contributed by atoms with Crippen molar-refractivity contribution in [2.45, 2.75) is 80.2 Å². The van der Waals surface area contributed by atoms with E-state index in [0.717, 1.165) is 25.7 Å². The van der Waals surface area contributed by atoms with Crippen molar-refractivity contribution >= 4 is 29.7 Å². The molecule has 190 valence electrons. The molecule has 0 radical (unpaired) electrons. The third-order valence-electron chi connectivity index (χ3n) is 4.48. The average Bonchev–Trinajstić information content (AvgIpc) is 2.70. The summed E-state index contributed by atoms with van der Waals surface area (Å²) in [4.78, 5) is 34.5. The van der Waals surface area contributed by atoms with E-state index in [1.54, 1.807) is 6.92 Å². The normalized spacial score (nSPS) is 12.3. The third-order valence-corrected chi connectivity index (χ3v) is 5.45. The van der Waals surface area contributed by atoms with Crippen LogP contribution in [-0.2, 0) is 14.3 Å². The minimum Gasteiger partial charge on any atom is -0.480 e. The van der Waals surface area contributed by atoms with E-state index in [2.05, 4.69) is 56.6 Å². The Morgan fingerprint density at radius 3 is 2.15 bits per heavy atom. The number of carboxylic acids is 1. The monoisotopic (exact) mass is 484 g/mol. The van der Waals surface area contributed by atoms with Gasteiger partial charge < -0.3 is 20.5 Å². The van der Waals surface area contributed by atoms with Crippen LogP contribution >= 0.6 is 11.8 Å². The van der Waals surface area contributed by atoms with Crippen LogP contribution in [0.5, 0.6) is 0 Å². The van der Waals surface area contributed by atoms with Crippen LogP contribution in [-0.4, -0.2) is 53.8 Å². The molecule has 0 bridgehead atoms. The number of carbonyl (C=O) groups is 3. The van der Waals surface area contributed by atoms with E-state index in [9.17, 15) is 19.5 Å². The van der Waals surface area contributed by atoms with Crippen molar-refractivity contribution in [3.63, 3.8) is 0 Å². The number of hydrogen-bond acceptors (Lipinski definition) is 5. The van der Waals surface area contributed by atoms with Gasteiger partial charge >= 0.3 is 18.0 Å². The number of hydrogen-bond donors (Lipinski definition) is 3. The highest BCUT2D eigenvalue weighted by Crippen LogP contribution is 2.13. The van der Waals surface area contributed by atoms with Gasteiger partial charge in [0, 0.05) is 18.1 Å². The van der Waals surface area contributed by atoms with Crippen LogP contribution in [0.1, 0.15) is 74.1 Å². The molecule has 0 aliphatic carbocycles. The number of allylic oxidation sites excluding steroid dienone is 5. The summed E-state index contributed by atoms with van der Waals surface area (Å²) in [6.45, 7) is 10.6. The van der Waals surface area contributed by atoms with Crippen LogP contribution < -0.4 is 10.6 Å². The Labute approximate surface area is 204 Å². The fourth-order valence-corrected chi connectivity index (χ4v) is 3.62. The fraction of sp³-hybridized carbons (Fsp3) is 0.640. The molecule has 0 aromatic carbocycles. The summed E-state index contributed by atoms with van der Waals surface area (Å²) in [6, 6.07) is -1.61. The molecule has 0 aliphatic heterocycles. The molecule has 0 heterocycles. The number of carbonyl (C=O) groups excluding carboxylic acids is 2. The molecule has 0 saturated carbocycles. The number of urea groups is 1. The van der Waals surface area contributed by atoms with Gasteiger partial charge in [-0.15, -0.1) is 0 Å². The molecular weight excluding hydrogens is 440 g/mol. The summed E-state index contributed by atoms with van der Waals surface area (Å²) in [5.74, 6) is -0.555. The smallest absolute Gasteiger partial charge is 0.327 e. The first-order valence-corrected chi connectivity index (χ1v) is 12.3. The van der Waals surface area contributed by atoms with Gasteiger partial charge in [-0.1, -0.05) is 42.4 Å². The first-order chi connectivity index (χ1) is 15.1. The van der Waals surface area contributed by atoms with Crippen molar-refractivity contribution in [1.29, 1.82) is 0 Å². The summed E-state index contributed by atoms with van der Waals surface area (Å²) in [6.07, 6.45) is 10.8. The van der Waals surface area contributed by atoms with E-state index in [0.29, 0.717) is 5.75 Å². The third kappa shape index (κ3) is 20.1. The van der Waals surface area contributed by atoms with Crippen LogP contribution in [0.3, 0.4) is 0 Å². The Bertz CT molecular complexity index is 682. The Kier molecular flexibility index (Phi) is 20.4. The van der Waals surface area contributed by atoms with Gasteiger partial charge in [0.1, 0.15) is 6.04 Å². The highest BCUT2D eigenvalue weighted by atomic mass is 32.2. The van der Waals surface area contributed by atoms with Crippen molar-refractivity contribution in [3.05, 3.63) is 34.9 Å². The van der Waals surface area contributed by atoms with E-state index in [1.165, 1.54) is 28.5 Å². The van der Waals surface area contributed by atoms with Crippen LogP contribution in [0.25, 0.3) is 0 Å². The first-order valence-electron chi connectivity index (χ1n) is 11.1. The van der Waals surface area contributed by atoms with Gasteiger partial charge in [-0.25, -0.2) is 9.59 Å². The predicted octanol–water partition coefficient (Wildman–Crippen LogP) is 5.48. The summed E-state index contributed by atoms with van der Waals surface area (Å²) in [5.41, 5.74) is 4.02. The van der Waals surface area contributed by atoms with E-state index in [-0.39, 0.29) is 32.8 Å². The molecule has 7 nitrogen and oxygen atoms in total. The second-order valence-corrected chi connectivity index (χ2v) is 8.92. The van der Waals surface area contributed by atoms with Gasteiger partial charge in [0.25, 0.3) is 0 Å². The largest absolute Gasteiger partial charge is 0.480 e. The van der Waals surface area contributed by atoms with Gasteiger partial charge in [0.15, 0.2) is 0 Å². The van der Waals surface area contributed by atoms with Crippen LogP contribution in [0, 0.1) is 0 Å². The molecule has 2 amide bonds. The molecule has 3 N–H and O–H groups in total. The number of aliphatic carboxylic acids is 1. The van der Waals surface area contributed by atoms with Crippen LogP contribution in [0.15, 0.2) is 34.9 Å². The molecule has 0 aromatic heterocycles. The van der Waals surface area contributed by atoms with E-state index in [4.69, 9.17) is 4.74 Å². The molecule has 33 heavy (non-hydrogen) atoms. The molecule has 0 aliphatic rings. The molecule has 0 fully saturated rings. The van der Waals surface area contributed by atoms with E-state index >= 15 is 0 Å². The number of esters is 1. The number of ether oxygens (including phenoxy) is 1. The average molecular weight is 485 g/mol. The second-order valence-electron chi connectivity index (χ2n) is 7.84. The lowest BCUT2D eigenvalue weighted by Crippen LogP contribution is -2.47. The zero-order valence-electron chi connectivity index (χ0n) is 20.2. The first kappa shape index (κ1) is 33.0.